The molecule has 0 aromatic carbocycles. The fourth-order valence-corrected chi connectivity index (χ4v) is 1.94. The zero-order chi connectivity index (χ0) is 13.3. The minimum Gasteiger partial charge on any atom is -0.356 e. The summed E-state index contributed by atoms with van der Waals surface area (Å²) in [6, 6.07) is 0.542. The summed E-state index contributed by atoms with van der Waals surface area (Å²) in [7, 11) is 0. The molecule has 0 spiro atoms. The number of nitrogens with zero attached hydrogens (tertiary/aromatic N) is 3. The van der Waals surface area contributed by atoms with E-state index in [0.717, 1.165) is 19.0 Å². The topological polar surface area (TPSA) is 59.3 Å². The van der Waals surface area contributed by atoms with Crippen LogP contribution in [0.15, 0.2) is 12.3 Å². The molecule has 2 heterocycles. The maximum Gasteiger partial charge on any atom is 0.420 e. The highest BCUT2D eigenvalue weighted by Gasteiger charge is 2.38. The van der Waals surface area contributed by atoms with Gasteiger partial charge in [0.25, 0.3) is 5.69 Å². The monoisotopic (exact) mass is 261 g/mol. The second kappa shape index (κ2) is 4.43. The summed E-state index contributed by atoms with van der Waals surface area (Å²) >= 11 is 0. The van der Waals surface area contributed by atoms with Gasteiger partial charge in [-0.3, -0.25) is 10.1 Å². The Morgan fingerprint density at radius 3 is 2.44 bits per heavy atom. The Bertz CT molecular complexity index is 470. The normalized spacial score (nSPS) is 16.1. The van der Waals surface area contributed by atoms with E-state index >= 15 is 0 Å². The van der Waals surface area contributed by atoms with E-state index in [9.17, 15) is 23.3 Å². The number of alkyl halides is 3. The molecule has 0 N–H and O–H groups in total. The molecule has 1 aromatic heterocycles. The molecule has 1 aliphatic heterocycles. The third-order valence-electron chi connectivity index (χ3n) is 2.77. The zero-order valence-corrected chi connectivity index (χ0v) is 9.28. The number of hydrogen-bond donors (Lipinski definition) is 0. The molecule has 2 rings (SSSR count). The van der Waals surface area contributed by atoms with Crippen LogP contribution in [0.5, 0.6) is 0 Å². The van der Waals surface area contributed by atoms with Gasteiger partial charge in [0, 0.05) is 19.2 Å². The van der Waals surface area contributed by atoms with Crippen LogP contribution in [0.3, 0.4) is 0 Å². The summed E-state index contributed by atoms with van der Waals surface area (Å²) in [6.07, 6.45) is -2.17. The number of nitro groups is 1. The first kappa shape index (κ1) is 12.6. The molecular weight excluding hydrogens is 251 g/mol. The molecule has 1 aliphatic rings. The lowest BCUT2D eigenvalue weighted by molar-refractivity contribution is -0.385. The van der Waals surface area contributed by atoms with Crippen LogP contribution in [-0.2, 0) is 6.18 Å². The van der Waals surface area contributed by atoms with Crippen LogP contribution in [0.1, 0.15) is 18.4 Å². The number of hydrogen-bond acceptors (Lipinski definition) is 4. The Kier molecular flexibility index (Phi) is 3.10. The Balaban J connectivity index is 2.48. The molecule has 0 radical (unpaired) electrons. The van der Waals surface area contributed by atoms with E-state index in [4.69, 9.17) is 0 Å². The first-order valence-electron chi connectivity index (χ1n) is 5.36. The maximum atomic E-state index is 12.9. The number of aromatic nitrogens is 1. The van der Waals surface area contributed by atoms with Crippen molar-refractivity contribution in [1.29, 1.82) is 0 Å². The second-order valence-corrected chi connectivity index (χ2v) is 4.01. The summed E-state index contributed by atoms with van der Waals surface area (Å²) < 4.78 is 38.6. The van der Waals surface area contributed by atoms with Crippen LogP contribution in [0.2, 0.25) is 0 Å². The first-order valence-corrected chi connectivity index (χ1v) is 5.36. The molecule has 98 valence electrons. The molecule has 5 nitrogen and oxygen atoms in total. The van der Waals surface area contributed by atoms with E-state index in [1.54, 1.807) is 0 Å². The second-order valence-electron chi connectivity index (χ2n) is 4.01. The minimum absolute atomic E-state index is 0.217. The average molecular weight is 261 g/mol. The van der Waals surface area contributed by atoms with Crippen molar-refractivity contribution in [2.45, 2.75) is 19.0 Å². The molecule has 0 atom stereocenters. The van der Waals surface area contributed by atoms with Gasteiger partial charge in [0.05, 0.1) is 4.92 Å². The van der Waals surface area contributed by atoms with Crippen molar-refractivity contribution in [3.63, 3.8) is 0 Å². The largest absolute Gasteiger partial charge is 0.420 e. The van der Waals surface area contributed by atoms with Gasteiger partial charge in [-0.1, -0.05) is 0 Å². The highest BCUT2D eigenvalue weighted by Crippen LogP contribution is 2.38. The van der Waals surface area contributed by atoms with E-state index in [0.29, 0.717) is 19.2 Å². The molecule has 1 fully saturated rings. The third-order valence-corrected chi connectivity index (χ3v) is 2.77. The highest BCUT2D eigenvalue weighted by molar-refractivity contribution is 5.53. The zero-order valence-electron chi connectivity index (χ0n) is 9.28. The standard InChI is InChI=1S/C10H10F3N3O2/c11-10(12,13)8-5-7(16(17)18)6-14-9(8)15-3-1-2-4-15/h5-6H,1-4H2. The number of halogens is 3. The molecule has 0 amide bonds. The van der Waals surface area contributed by atoms with E-state index < -0.39 is 22.4 Å². The van der Waals surface area contributed by atoms with E-state index in [1.165, 1.54) is 4.90 Å². The van der Waals surface area contributed by atoms with Gasteiger partial charge in [0.2, 0.25) is 0 Å². The molecule has 0 saturated carbocycles. The van der Waals surface area contributed by atoms with Gasteiger partial charge in [0.15, 0.2) is 0 Å². The minimum atomic E-state index is -4.64. The van der Waals surface area contributed by atoms with Crippen molar-refractivity contribution >= 4 is 11.5 Å². The smallest absolute Gasteiger partial charge is 0.356 e. The number of anilines is 1. The van der Waals surface area contributed by atoms with Gasteiger partial charge >= 0.3 is 6.18 Å². The van der Waals surface area contributed by atoms with E-state index in [2.05, 4.69) is 4.98 Å². The Morgan fingerprint density at radius 2 is 1.94 bits per heavy atom. The van der Waals surface area contributed by atoms with Crippen LogP contribution < -0.4 is 4.90 Å². The summed E-state index contributed by atoms with van der Waals surface area (Å²) in [4.78, 5) is 14.7. The lowest BCUT2D eigenvalue weighted by Crippen LogP contribution is -2.23. The van der Waals surface area contributed by atoms with Crippen molar-refractivity contribution < 1.29 is 18.1 Å². The number of pyridine rings is 1. The quantitative estimate of drug-likeness (QED) is 0.606. The third kappa shape index (κ3) is 2.36. The first-order chi connectivity index (χ1) is 8.39. The van der Waals surface area contributed by atoms with Crippen LogP contribution in [-0.4, -0.2) is 23.0 Å². The molecule has 0 bridgehead atoms. The molecule has 8 heteroatoms. The molecule has 1 aromatic rings. The van der Waals surface area contributed by atoms with Gasteiger partial charge in [0.1, 0.15) is 17.6 Å². The lowest BCUT2D eigenvalue weighted by Gasteiger charge is -2.20. The summed E-state index contributed by atoms with van der Waals surface area (Å²) in [5.41, 5.74) is -1.69. The molecule has 0 unspecified atom stereocenters. The molecular formula is C10H10F3N3O2. The summed E-state index contributed by atoms with van der Waals surface area (Å²) in [6.45, 7) is 0.988. The van der Waals surface area contributed by atoms with Crippen molar-refractivity contribution in [2.24, 2.45) is 0 Å². The maximum absolute atomic E-state index is 12.9. The Morgan fingerprint density at radius 1 is 1.33 bits per heavy atom. The molecule has 1 saturated heterocycles. The van der Waals surface area contributed by atoms with Crippen molar-refractivity contribution in [1.82, 2.24) is 4.98 Å². The van der Waals surface area contributed by atoms with Crippen LogP contribution in [0.25, 0.3) is 0 Å². The predicted molar refractivity (Wildman–Crippen MR) is 57.3 cm³/mol. The fourth-order valence-electron chi connectivity index (χ4n) is 1.94. The van der Waals surface area contributed by atoms with Crippen LogP contribution in [0.4, 0.5) is 24.7 Å². The molecule has 18 heavy (non-hydrogen) atoms. The van der Waals surface area contributed by atoms with Crippen molar-refractivity contribution in [3.05, 3.63) is 27.9 Å². The highest BCUT2D eigenvalue weighted by atomic mass is 19.4. The van der Waals surface area contributed by atoms with Gasteiger partial charge in [-0.25, -0.2) is 4.98 Å². The van der Waals surface area contributed by atoms with E-state index in [1.807, 2.05) is 0 Å². The Labute approximate surface area is 100 Å². The SMILES string of the molecule is O=[N+]([O-])c1cnc(N2CCCC2)c(C(F)(F)F)c1. The number of rotatable bonds is 2. The van der Waals surface area contributed by atoms with Gasteiger partial charge in [-0.15, -0.1) is 0 Å². The Hall–Kier alpha value is -1.86. The van der Waals surface area contributed by atoms with E-state index in [-0.39, 0.29) is 5.82 Å². The average Bonchev–Trinajstić information content (AvgIpc) is 2.80. The summed E-state index contributed by atoms with van der Waals surface area (Å²) in [5.74, 6) is -0.217. The van der Waals surface area contributed by atoms with Gasteiger partial charge in [-0.05, 0) is 12.8 Å². The van der Waals surface area contributed by atoms with Crippen LogP contribution >= 0.6 is 0 Å². The van der Waals surface area contributed by atoms with Crippen molar-refractivity contribution in [2.75, 3.05) is 18.0 Å². The molecule has 0 aliphatic carbocycles. The fraction of sp³-hybridized carbons (Fsp3) is 0.500. The summed E-state index contributed by atoms with van der Waals surface area (Å²) in [5, 5.41) is 10.5. The lowest BCUT2D eigenvalue weighted by atomic mass is 10.2. The predicted octanol–water partition coefficient (Wildman–Crippen LogP) is 2.61. The van der Waals surface area contributed by atoms with Crippen molar-refractivity contribution in [3.8, 4) is 0 Å². The van der Waals surface area contributed by atoms with Gasteiger partial charge in [-0.2, -0.15) is 13.2 Å². The van der Waals surface area contributed by atoms with Crippen LogP contribution in [0, 0.1) is 10.1 Å². The van der Waals surface area contributed by atoms with Gasteiger partial charge < -0.3 is 4.90 Å².